The highest BCUT2D eigenvalue weighted by Gasteiger charge is 2.11. The Morgan fingerprint density at radius 2 is 1.50 bits per heavy atom. The van der Waals surface area contributed by atoms with Crippen LogP contribution < -0.4 is 0 Å². The molecule has 0 radical (unpaired) electrons. The number of hydrogen-bond acceptors (Lipinski definition) is 1. The van der Waals surface area contributed by atoms with Crippen LogP contribution in [-0.2, 0) is 4.79 Å². The van der Waals surface area contributed by atoms with E-state index in [1.807, 2.05) is 0 Å². The minimum atomic E-state index is -0.680. The smallest absolute Gasteiger partial charge is 0.303 e. The summed E-state index contributed by atoms with van der Waals surface area (Å²) in [5, 5.41) is 8.54. The molecule has 0 aliphatic carbocycles. The third-order valence-corrected chi connectivity index (χ3v) is 4.13. The Kier molecular flexibility index (Phi) is 14.4. The van der Waals surface area contributed by atoms with Crippen molar-refractivity contribution in [3.8, 4) is 0 Å². The van der Waals surface area contributed by atoms with E-state index < -0.39 is 5.97 Å². The van der Waals surface area contributed by atoms with Crippen LogP contribution >= 0.6 is 0 Å². The van der Waals surface area contributed by atoms with Gasteiger partial charge in [-0.05, 0) is 43.9 Å². The molecular weight excluding hydrogens is 296 g/mol. The molecule has 0 aliphatic heterocycles. The van der Waals surface area contributed by atoms with Crippen LogP contribution in [0.4, 0.5) is 0 Å². The first kappa shape index (κ1) is 22.7. The van der Waals surface area contributed by atoms with Gasteiger partial charge in [-0.1, -0.05) is 82.9 Å². The third kappa shape index (κ3) is 17.1. The van der Waals surface area contributed by atoms with Crippen molar-refractivity contribution in [2.24, 2.45) is 5.41 Å². The standard InChI is InChI=1S/C22H38O2/c1-4-5-19-22(2,3)20-17-15-13-11-9-7-6-8-10-12-14-16-18-21(23)24/h6-7,11,13,17,20H,4-5,8-10,12,14-16,18-19H2,1-3H3,(H,23,24). The van der Waals surface area contributed by atoms with Crippen LogP contribution in [0.5, 0.6) is 0 Å². The second kappa shape index (κ2) is 15.2. The van der Waals surface area contributed by atoms with Crippen molar-refractivity contribution < 1.29 is 9.90 Å². The van der Waals surface area contributed by atoms with Crippen molar-refractivity contribution in [1.29, 1.82) is 0 Å². The van der Waals surface area contributed by atoms with E-state index >= 15 is 0 Å². The van der Waals surface area contributed by atoms with E-state index in [4.69, 9.17) is 5.11 Å². The molecule has 0 spiro atoms. The molecule has 0 aromatic rings. The number of aliphatic carboxylic acids is 1. The number of carboxylic acids is 1. The summed E-state index contributed by atoms with van der Waals surface area (Å²) in [6.45, 7) is 6.87. The van der Waals surface area contributed by atoms with Crippen molar-refractivity contribution in [2.45, 2.75) is 91.4 Å². The maximum Gasteiger partial charge on any atom is 0.303 e. The zero-order valence-corrected chi connectivity index (χ0v) is 16.1. The van der Waals surface area contributed by atoms with Gasteiger partial charge in [0.15, 0.2) is 0 Å². The summed E-state index contributed by atoms with van der Waals surface area (Å²) in [6, 6.07) is 0. The lowest BCUT2D eigenvalue weighted by atomic mass is 9.87. The first-order valence-corrected chi connectivity index (χ1v) is 9.67. The van der Waals surface area contributed by atoms with E-state index in [-0.39, 0.29) is 0 Å². The van der Waals surface area contributed by atoms with Crippen LogP contribution in [-0.4, -0.2) is 11.1 Å². The lowest BCUT2D eigenvalue weighted by Gasteiger charge is -2.19. The molecule has 0 saturated carbocycles. The van der Waals surface area contributed by atoms with Gasteiger partial charge in [0, 0.05) is 6.42 Å². The molecule has 0 amide bonds. The molecule has 1 N–H and O–H groups in total. The van der Waals surface area contributed by atoms with Crippen LogP contribution in [0.25, 0.3) is 0 Å². The first-order valence-electron chi connectivity index (χ1n) is 9.67. The highest BCUT2D eigenvalue weighted by Crippen LogP contribution is 2.24. The quantitative estimate of drug-likeness (QED) is 0.257. The molecule has 24 heavy (non-hydrogen) atoms. The topological polar surface area (TPSA) is 37.3 Å². The molecule has 2 nitrogen and oxygen atoms in total. The van der Waals surface area contributed by atoms with Crippen LogP contribution in [0, 0.1) is 5.41 Å². The Hall–Kier alpha value is -1.31. The minimum Gasteiger partial charge on any atom is -0.481 e. The van der Waals surface area contributed by atoms with E-state index in [0.717, 1.165) is 44.9 Å². The summed E-state index contributed by atoms with van der Waals surface area (Å²) in [7, 11) is 0. The lowest BCUT2D eigenvalue weighted by Crippen LogP contribution is -2.06. The van der Waals surface area contributed by atoms with Gasteiger partial charge in [-0.15, -0.1) is 0 Å². The fourth-order valence-corrected chi connectivity index (χ4v) is 2.56. The van der Waals surface area contributed by atoms with Crippen LogP contribution in [0.3, 0.4) is 0 Å². The van der Waals surface area contributed by atoms with Crippen LogP contribution in [0.1, 0.15) is 91.4 Å². The summed E-state index contributed by atoms with van der Waals surface area (Å²) in [5.74, 6) is -0.680. The number of carbonyl (C=O) groups is 1. The number of allylic oxidation sites excluding steroid dienone is 6. The normalized spacial score (nSPS) is 12.8. The van der Waals surface area contributed by atoms with Gasteiger partial charge >= 0.3 is 5.97 Å². The fraction of sp³-hybridized carbons (Fsp3) is 0.682. The van der Waals surface area contributed by atoms with E-state index in [1.54, 1.807) is 0 Å². The number of unbranched alkanes of at least 4 members (excludes halogenated alkanes) is 5. The maximum absolute atomic E-state index is 10.4. The predicted molar refractivity (Wildman–Crippen MR) is 105 cm³/mol. The first-order chi connectivity index (χ1) is 11.5. The Morgan fingerprint density at radius 1 is 0.875 bits per heavy atom. The molecule has 0 atom stereocenters. The lowest BCUT2D eigenvalue weighted by molar-refractivity contribution is -0.137. The molecular formula is C22H38O2. The van der Waals surface area contributed by atoms with Gasteiger partial charge in [-0.3, -0.25) is 4.79 Å². The maximum atomic E-state index is 10.4. The van der Waals surface area contributed by atoms with E-state index in [1.165, 1.54) is 19.3 Å². The zero-order valence-electron chi connectivity index (χ0n) is 16.1. The molecule has 0 rings (SSSR count). The summed E-state index contributed by atoms with van der Waals surface area (Å²) in [5.41, 5.74) is 0.328. The Balaban J connectivity index is 3.56. The molecule has 0 aromatic heterocycles. The van der Waals surface area contributed by atoms with Crippen molar-refractivity contribution in [3.63, 3.8) is 0 Å². The predicted octanol–water partition coefficient (Wildman–Crippen LogP) is 7.08. The second-order valence-corrected chi connectivity index (χ2v) is 7.26. The van der Waals surface area contributed by atoms with E-state index in [9.17, 15) is 4.79 Å². The number of carboxylic acid groups (broad SMARTS) is 1. The average molecular weight is 335 g/mol. The molecule has 2 heteroatoms. The summed E-state index contributed by atoms with van der Waals surface area (Å²) < 4.78 is 0. The Labute approximate surface area is 149 Å². The minimum absolute atomic E-state index is 0.310. The summed E-state index contributed by atoms with van der Waals surface area (Å²) in [6.07, 6.45) is 25.0. The monoisotopic (exact) mass is 334 g/mol. The summed E-state index contributed by atoms with van der Waals surface area (Å²) in [4.78, 5) is 10.4. The van der Waals surface area contributed by atoms with Gasteiger partial charge in [0.05, 0.1) is 0 Å². The van der Waals surface area contributed by atoms with Gasteiger partial charge in [-0.25, -0.2) is 0 Å². The molecule has 0 aromatic carbocycles. The Morgan fingerprint density at radius 3 is 2.17 bits per heavy atom. The molecule has 0 heterocycles. The van der Waals surface area contributed by atoms with Gasteiger partial charge in [-0.2, -0.15) is 0 Å². The van der Waals surface area contributed by atoms with Crippen LogP contribution in [0.15, 0.2) is 36.5 Å². The third-order valence-electron chi connectivity index (χ3n) is 4.13. The second-order valence-electron chi connectivity index (χ2n) is 7.26. The van der Waals surface area contributed by atoms with Gasteiger partial charge in [0.25, 0.3) is 0 Å². The van der Waals surface area contributed by atoms with Crippen molar-refractivity contribution in [3.05, 3.63) is 36.5 Å². The van der Waals surface area contributed by atoms with Gasteiger partial charge in [0.2, 0.25) is 0 Å². The molecule has 0 saturated heterocycles. The van der Waals surface area contributed by atoms with Crippen molar-refractivity contribution >= 4 is 5.97 Å². The zero-order chi connectivity index (χ0) is 18.1. The molecule has 0 fully saturated rings. The molecule has 138 valence electrons. The SMILES string of the molecule is CCCCC(C)(C)C=CCC=CCC=CCCCCCCC(=O)O. The van der Waals surface area contributed by atoms with E-state index in [0.29, 0.717) is 11.8 Å². The number of hydrogen-bond donors (Lipinski definition) is 1. The summed E-state index contributed by atoms with van der Waals surface area (Å²) >= 11 is 0. The highest BCUT2D eigenvalue weighted by molar-refractivity contribution is 5.66. The average Bonchev–Trinajstić information content (AvgIpc) is 2.53. The van der Waals surface area contributed by atoms with Gasteiger partial charge < -0.3 is 5.11 Å². The Bertz CT molecular complexity index is 389. The largest absolute Gasteiger partial charge is 0.481 e. The van der Waals surface area contributed by atoms with E-state index in [2.05, 4.69) is 57.2 Å². The van der Waals surface area contributed by atoms with Crippen molar-refractivity contribution in [2.75, 3.05) is 0 Å². The molecule has 0 aliphatic rings. The molecule has 0 bridgehead atoms. The fourth-order valence-electron chi connectivity index (χ4n) is 2.56. The number of rotatable bonds is 15. The molecule has 0 unspecified atom stereocenters. The van der Waals surface area contributed by atoms with Gasteiger partial charge in [0.1, 0.15) is 0 Å². The van der Waals surface area contributed by atoms with Crippen molar-refractivity contribution in [1.82, 2.24) is 0 Å². The van der Waals surface area contributed by atoms with Crippen LogP contribution in [0.2, 0.25) is 0 Å². The highest BCUT2D eigenvalue weighted by atomic mass is 16.4.